The molecule has 1 saturated heterocycles. The summed E-state index contributed by atoms with van der Waals surface area (Å²) in [6.07, 6.45) is 0. The quantitative estimate of drug-likeness (QED) is 0.418. The van der Waals surface area contributed by atoms with Crippen LogP contribution in [0.15, 0.2) is 29.2 Å². The summed E-state index contributed by atoms with van der Waals surface area (Å²) in [4.78, 5) is 22.4. The monoisotopic (exact) mass is 513 g/mol. The SMILES string of the molecule is CC(Nc1nc(Cl)nc2c1CN(C(=O)N1CCOCC1)C2)c1cccc(S(F)(F)(F)(F)F)c1. The van der Waals surface area contributed by atoms with E-state index in [0.29, 0.717) is 49.7 Å². The van der Waals surface area contributed by atoms with E-state index >= 15 is 0 Å². The molecule has 3 heterocycles. The molecule has 1 N–H and O–H groups in total. The standard InChI is InChI=1S/C19H21ClF5N5O2S/c1-12(13-3-2-4-14(9-13)33(21,22,23,24)25)26-17-15-10-30(11-16(15)27-18(20)28-17)19(31)29-5-7-32-8-6-29/h2-4,9,12H,5-8,10-11H2,1H3,(H,26,27,28). The molecule has 2 aliphatic heterocycles. The van der Waals surface area contributed by atoms with Gasteiger partial charge >= 0.3 is 16.3 Å². The molecular formula is C19H21ClF5N5O2S. The number of aromatic nitrogens is 2. The molecule has 2 aromatic rings. The summed E-state index contributed by atoms with van der Waals surface area (Å²) < 4.78 is 71.3. The molecule has 7 nitrogen and oxygen atoms in total. The molecule has 0 saturated carbocycles. The van der Waals surface area contributed by atoms with Crippen LogP contribution in [0.4, 0.5) is 30.0 Å². The van der Waals surface area contributed by atoms with Crippen molar-refractivity contribution >= 4 is 33.7 Å². The van der Waals surface area contributed by atoms with Crippen molar-refractivity contribution in [1.82, 2.24) is 19.8 Å². The topological polar surface area (TPSA) is 70.6 Å². The minimum atomic E-state index is -9.82. The van der Waals surface area contributed by atoms with Gasteiger partial charge in [-0.25, -0.2) is 14.8 Å². The van der Waals surface area contributed by atoms with Gasteiger partial charge in [0.2, 0.25) is 5.28 Å². The normalized spacial score (nSPS) is 19.5. The van der Waals surface area contributed by atoms with Crippen molar-refractivity contribution in [3.8, 4) is 0 Å². The number of rotatable bonds is 4. The summed E-state index contributed by atoms with van der Waals surface area (Å²) in [5.74, 6) is 0.229. The van der Waals surface area contributed by atoms with Gasteiger partial charge in [-0.3, -0.25) is 0 Å². The molecule has 1 fully saturated rings. The first kappa shape index (κ1) is 23.8. The van der Waals surface area contributed by atoms with Gasteiger partial charge in [0.15, 0.2) is 0 Å². The number of morpholine rings is 1. The van der Waals surface area contributed by atoms with Crippen LogP contribution in [0.25, 0.3) is 0 Å². The Morgan fingerprint density at radius 3 is 2.48 bits per heavy atom. The molecule has 1 aromatic heterocycles. The van der Waals surface area contributed by atoms with Crippen molar-refractivity contribution in [2.24, 2.45) is 0 Å². The van der Waals surface area contributed by atoms with E-state index in [2.05, 4.69) is 15.3 Å². The number of amides is 2. The third kappa shape index (κ3) is 5.25. The first-order valence-corrected chi connectivity index (χ1v) is 12.3. The van der Waals surface area contributed by atoms with Crippen LogP contribution < -0.4 is 5.32 Å². The third-order valence-electron chi connectivity index (χ3n) is 5.46. The molecule has 182 valence electrons. The number of benzene rings is 1. The minimum Gasteiger partial charge on any atom is -0.378 e. The van der Waals surface area contributed by atoms with E-state index < -0.39 is 21.2 Å². The van der Waals surface area contributed by atoms with Crippen LogP contribution in [0.5, 0.6) is 0 Å². The fourth-order valence-corrected chi connectivity index (χ4v) is 4.63. The largest absolute Gasteiger partial charge is 0.378 e. The van der Waals surface area contributed by atoms with Crippen molar-refractivity contribution in [2.45, 2.75) is 31.0 Å². The van der Waals surface area contributed by atoms with Crippen LogP contribution >= 0.6 is 21.8 Å². The molecule has 4 rings (SSSR count). The van der Waals surface area contributed by atoms with Gasteiger partial charge in [-0.15, -0.1) is 0 Å². The number of nitrogens with one attached hydrogen (secondary N) is 1. The van der Waals surface area contributed by atoms with Gasteiger partial charge in [-0.1, -0.05) is 31.6 Å². The number of hydrogen-bond donors (Lipinski definition) is 1. The van der Waals surface area contributed by atoms with Gasteiger partial charge in [0.25, 0.3) is 0 Å². The maximum Gasteiger partial charge on any atom is 0.320 e. The highest BCUT2D eigenvalue weighted by Crippen LogP contribution is 3.02. The van der Waals surface area contributed by atoms with E-state index in [9.17, 15) is 24.2 Å². The second-order valence-corrected chi connectivity index (χ2v) is 10.7. The number of hydrogen-bond acceptors (Lipinski definition) is 5. The van der Waals surface area contributed by atoms with Crippen LogP contribution in [0.3, 0.4) is 0 Å². The second-order valence-electron chi connectivity index (χ2n) is 7.91. The number of fused-ring (bicyclic) bond motifs is 1. The lowest BCUT2D eigenvalue weighted by atomic mass is 10.1. The van der Waals surface area contributed by atoms with Gasteiger partial charge in [-0.2, -0.15) is 0 Å². The lowest BCUT2D eigenvalue weighted by Crippen LogP contribution is -2.46. The van der Waals surface area contributed by atoms with Gasteiger partial charge in [-0.05, 0) is 36.2 Å². The Kier molecular flexibility index (Phi) is 5.45. The summed E-state index contributed by atoms with van der Waals surface area (Å²) in [5.41, 5.74) is 1.06. The van der Waals surface area contributed by atoms with Crippen LogP contribution in [0, 0.1) is 0 Å². The van der Waals surface area contributed by atoms with Gasteiger partial charge in [0.1, 0.15) is 10.7 Å². The van der Waals surface area contributed by atoms with E-state index in [0.717, 1.165) is 6.07 Å². The fourth-order valence-electron chi connectivity index (χ4n) is 3.75. The molecule has 0 bridgehead atoms. The zero-order valence-electron chi connectivity index (χ0n) is 17.4. The Morgan fingerprint density at radius 2 is 1.82 bits per heavy atom. The number of halogens is 6. The number of carbonyl (C=O) groups is 1. The summed E-state index contributed by atoms with van der Waals surface area (Å²) >= 11 is 6.02. The fraction of sp³-hybridized carbons (Fsp3) is 0.421. The highest BCUT2D eigenvalue weighted by molar-refractivity contribution is 8.45. The number of urea groups is 1. The Balaban J connectivity index is 1.56. The molecule has 1 aromatic carbocycles. The van der Waals surface area contributed by atoms with Crippen LogP contribution in [-0.2, 0) is 17.8 Å². The number of ether oxygens (including phenoxy) is 1. The number of carbonyl (C=O) groups excluding carboxylic acids is 1. The minimum absolute atomic E-state index is 0.0107. The summed E-state index contributed by atoms with van der Waals surface area (Å²) in [5, 5.41) is 2.83. The Morgan fingerprint density at radius 1 is 1.12 bits per heavy atom. The average Bonchev–Trinajstić information content (AvgIpc) is 3.16. The molecule has 33 heavy (non-hydrogen) atoms. The maximum absolute atomic E-state index is 13.2. The van der Waals surface area contributed by atoms with Gasteiger partial charge in [0.05, 0.1) is 32.0 Å². The van der Waals surface area contributed by atoms with Crippen molar-refractivity contribution in [2.75, 3.05) is 31.6 Å². The average molecular weight is 514 g/mol. The van der Waals surface area contributed by atoms with E-state index in [1.165, 1.54) is 13.0 Å². The molecule has 0 spiro atoms. The van der Waals surface area contributed by atoms with Gasteiger partial charge in [0, 0.05) is 24.7 Å². The van der Waals surface area contributed by atoms with Crippen LogP contribution in [0.1, 0.15) is 29.8 Å². The van der Waals surface area contributed by atoms with Crippen LogP contribution in [0.2, 0.25) is 5.28 Å². The van der Waals surface area contributed by atoms with E-state index in [4.69, 9.17) is 16.3 Å². The summed E-state index contributed by atoms with van der Waals surface area (Å²) in [7, 11) is -9.82. The summed E-state index contributed by atoms with van der Waals surface area (Å²) in [6.45, 7) is 3.69. The molecule has 2 amide bonds. The highest BCUT2D eigenvalue weighted by atomic mass is 35.5. The Labute approximate surface area is 191 Å². The van der Waals surface area contributed by atoms with Gasteiger partial charge < -0.3 is 19.9 Å². The van der Waals surface area contributed by atoms with E-state index in [1.54, 1.807) is 9.80 Å². The molecule has 1 unspecified atom stereocenters. The molecule has 1 atom stereocenters. The van der Waals surface area contributed by atoms with Crippen molar-refractivity contribution in [3.05, 3.63) is 46.4 Å². The summed E-state index contributed by atoms with van der Waals surface area (Å²) in [6, 6.07) is 2.00. The zero-order chi connectivity index (χ0) is 24.1. The maximum atomic E-state index is 13.2. The lowest BCUT2D eigenvalue weighted by molar-refractivity contribution is 0.0429. The molecule has 0 aliphatic carbocycles. The predicted octanol–water partition coefficient (Wildman–Crippen LogP) is 5.73. The lowest BCUT2D eigenvalue weighted by Gasteiger charge is -2.40. The highest BCUT2D eigenvalue weighted by Gasteiger charge is 2.65. The Bertz CT molecular complexity index is 1100. The first-order valence-electron chi connectivity index (χ1n) is 9.99. The van der Waals surface area contributed by atoms with Crippen molar-refractivity contribution in [3.63, 3.8) is 0 Å². The molecule has 2 aliphatic rings. The Hall–Kier alpha value is -2.38. The van der Waals surface area contributed by atoms with E-state index in [1.807, 2.05) is 0 Å². The third-order valence-corrected chi connectivity index (χ3v) is 6.78. The second kappa shape index (κ2) is 7.57. The van der Waals surface area contributed by atoms with Crippen molar-refractivity contribution < 1.29 is 29.0 Å². The smallest absolute Gasteiger partial charge is 0.320 e. The molecule has 0 radical (unpaired) electrons. The van der Waals surface area contributed by atoms with Crippen LogP contribution in [-0.4, -0.2) is 52.1 Å². The molecular weight excluding hydrogens is 493 g/mol. The molecule has 14 heteroatoms. The van der Waals surface area contributed by atoms with E-state index in [-0.39, 0.29) is 35.8 Å². The number of nitrogens with zero attached hydrogens (tertiary/aromatic N) is 4. The predicted molar refractivity (Wildman–Crippen MR) is 114 cm³/mol. The number of anilines is 1. The van der Waals surface area contributed by atoms with Crippen molar-refractivity contribution in [1.29, 1.82) is 0 Å². The first-order chi connectivity index (χ1) is 15.2. The zero-order valence-corrected chi connectivity index (χ0v) is 19.0.